The molecule has 4 rings (SSSR count). The zero-order valence-corrected chi connectivity index (χ0v) is 25.5. The van der Waals surface area contributed by atoms with Gasteiger partial charge in [-0.3, -0.25) is 0 Å². The number of unbranched alkanes of at least 4 members (excludes halogenated alkanes) is 3. The summed E-state index contributed by atoms with van der Waals surface area (Å²) in [5.41, 5.74) is 9.08. The Morgan fingerprint density at radius 2 is 1.55 bits per heavy atom. The van der Waals surface area contributed by atoms with E-state index in [4.69, 9.17) is 0 Å². The van der Waals surface area contributed by atoms with Crippen molar-refractivity contribution in [2.45, 2.75) is 137 Å². The molecule has 1 N–H and O–H groups in total. The van der Waals surface area contributed by atoms with E-state index in [2.05, 4.69) is 76.3 Å². The van der Waals surface area contributed by atoms with Gasteiger partial charge in [-0.25, -0.2) is 0 Å². The Balaban J connectivity index is 1.42. The van der Waals surface area contributed by atoms with Crippen LogP contribution in [0, 0.1) is 31.1 Å². The zero-order valence-electron chi connectivity index (χ0n) is 25.5. The Bertz CT molecular complexity index is 990. The first-order valence-corrected chi connectivity index (χ1v) is 16.4. The summed E-state index contributed by atoms with van der Waals surface area (Å²) in [6, 6.07) is 14.2. The molecule has 0 aliphatic heterocycles. The number of benzene rings is 2. The summed E-state index contributed by atoms with van der Waals surface area (Å²) in [6.07, 6.45) is 21.6. The van der Waals surface area contributed by atoms with E-state index in [1.54, 1.807) is 5.56 Å². The van der Waals surface area contributed by atoms with E-state index in [9.17, 15) is 0 Å². The van der Waals surface area contributed by atoms with E-state index in [1.807, 2.05) is 0 Å². The molecule has 1 atom stereocenters. The van der Waals surface area contributed by atoms with Crippen molar-refractivity contribution in [2.75, 3.05) is 11.9 Å². The molecule has 2 aromatic carbocycles. The van der Waals surface area contributed by atoms with Crippen molar-refractivity contribution in [3.05, 3.63) is 53.1 Å². The number of rotatable bonds is 12. The second kappa shape index (κ2) is 14.0. The van der Waals surface area contributed by atoms with Gasteiger partial charge in [0.1, 0.15) is 0 Å². The van der Waals surface area contributed by atoms with Crippen LogP contribution in [-0.2, 0) is 0 Å². The number of hydrogen-bond acceptors (Lipinski definition) is 1. The minimum atomic E-state index is 0.662. The second-order valence-corrected chi connectivity index (χ2v) is 13.2. The van der Waals surface area contributed by atoms with Crippen molar-refractivity contribution in [3.8, 4) is 11.1 Å². The van der Waals surface area contributed by atoms with Gasteiger partial charge in [-0.05, 0) is 128 Å². The maximum atomic E-state index is 3.58. The average molecular weight is 516 g/mol. The summed E-state index contributed by atoms with van der Waals surface area (Å²) < 4.78 is 0. The lowest BCUT2D eigenvalue weighted by Crippen LogP contribution is -2.37. The lowest BCUT2D eigenvalue weighted by Gasteiger charge is -2.48. The maximum Gasteiger partial charge on any atom is 0.0343 e. The number of nitrogens with one attached hydrogen (secondary N) is 1. The molecule has 0 spiro atoms. The van der Waals surface area contributed by atoms with Crippen LogP contribution < -0.4 is 5.32 Å². The molecule has 1 unspecified atom stereocenters. The maximum absolute atomic E-state index is 3.58. The van der Waals surface area contributed by atoms with Crippen molar-refractivity contribution in [1.82, 2.24) is 0 Å². The first kappa shape index (κ1) is 29.2. The summed E-state index contributed by atoms with van der Waals surface area (Å²) in [5.74, 6) is 2.52. The Hall–Kier alpha value is -1.76. The van der Waals surface area contributed by atoms with Crippen LogP contribution in [0.25, 0.3) is 11.1 Å². The van der Waals surface area contributed by atoms with Crippen LogP contribution in [0.4, 0.5) is 5.69 Å². The molecule has 0 bridgehead atoms. The SMILES string of the molecule is CCCCC[C@]1(C2CCCCC2)CC[C@H](C(C)c2ccc(-c3ccc(NCCCC)cc3C)cc2C)CC1. The van der Waals surface area contributed by atoms with E-state index >= 15 is 0 Å². The number of anilines is 1. The van der Waals surface area contributed by atoms with Crippen LogP contribution in [0.5, 0.6) is 0 Å². The molecule has 38 heavy (non-hydrogen) atoms. The Morgan fingerprint density at radius 3 is 2.21 bits per heavy atom. The number of aryl methyl sites for hydroxylation is 2. The van der Waals surface area contributed by atoms with Crippen LogP contribution in [0.15, 0.2) is 36.4 Å². The molecular formula is C37H57N. The van der Waals surface area contributed by atoms with Gasteiger partial charge >= 0.3 is 0 Å². The largest absolute Gasteiger partial charge is 0.385 e. The van der Waals surface area contributed by atoms with Gasteiger partial charge in [0.25, 0.3) is 0 Å². The van der Waals surface area contributed by atoms with Gasteiger partial charge in [0.05, 0.1) is 0 Å². The molecule has 2 aromatic rings. The summed E-state index contributed by atoms with van der Waals surface area (Å²) in [6.45, 7) is 12.8. The fourth-order valence-corrected chi connectivity index (χ4v) is 8.13. The zero-order chi connectivity index (χ0) is 27.0. The van der Waals surface area contributed by atoms with Crippen LogP contribution in [0.2, 0.25) is 0 Å². The van der Waals surface area contributed by atoms with Gasteiger partial charge in [0.2, 0.25) is 0 Å². The van der Waals surface area contributed by atoms with E-state index in [1.165, 1.54) is 124 Å². The third-order valence-corrected chi connectivity index (χ3v) is 10.6. The molecule has 0 aromatic heterocycles. The molecule has 2 saturated carbocycles. The molecule has 2 fully saturated rings. The quantitative estimate of drug-likeness (QED) is 0.277. The predicted molar refractivity (Wildman–Crippen MR) is 168 cm³/mol. The van der Waals surface area contributed by atoms with Gasteiger partial charge < -0.3 is 5.32 Å². The minimum absolute atomic E-state index is 0.662. The van der Waals surface area contributed by atoms with Gasteiger partial charge in [-0.2, -0.15) is 0 Å². The van der Waals surface area contributed by atoms with Crippen molar-refractivity contribution >= 4 is 5.69 Å². The molecule has 1 nitrogen and oxygen atoms in total. The van der Waals surface area contributed by atoms with E-state index in [0.717, 1.165) is 18.4 Å². The fourth-order valence-electron chi connectivity index (χ4n) is 8.13. The normalized spacial score (nSPS) is 23.3. The van der Waals surface area contributed by atoms with Crippen LogP contribution >= 0.6 is 0 Å². The molecule has 0 saturated heterocycles. The summed E-state index contributed by atoms with van der Waals surface area (Å²) in [7, 11) is 0. The molecule has 0 heterocycles. The first-order chi connectivity index (χ1) is 18.5. The molecule has 210 valence electrons. The summed E-state index contributed by atoms with van der Waals surface area (Å²) in [4.78, 5) is 0. The fraction of sp³-hybridized carbons (Fsp3) is 0.676. The van der Waals surface area contributed by atoms with Crippen LogP contribution in [0.3, 0.4) is 0 Å². The minimum Gasteiger partial charge on any atom is -0.385 e. The number of hydrogen-bond donors (Lipinski definition) is 1. The average Bonchev–Trinajstić information content (AvgIpc) is 2.94. The smallest absolute Gasteiger partial charge is 0.0343 e. The highest BCUT2D eigenvalue weighted by Crippen LogP contribution is 2.54. The highest BCUT2D eigenvalue weighted by atomic mass is 14.9. The van der Waals surface area contributed by atoms with Crippen molar-refractivity contribution in [2.24, 2.45) is 17.3 Å². The second-order valence-electron chi connectivity index (χ2n) is 13.2. The predicted octanol–water partition coefficient (Wildman–Crippen LogP) is 11.6. The lowest BCUT2D eigenvalue weighted by atomic mass is 9.57. The summed E-state index contributed by atoms with van der Waals surface area (Å²) >= 11 is 0. The Kier molecular flexibility index (Phi) is 10.8. The monoisotopic (exact) mass is 515 g/mol. The molecule has 0 amide bonds. The molecule has 0 radical (unpaired) electrons. The van der Waals surface area contributed by atoms with Crippen LogP contribution in [0.1, 0.15) is 140 Å². The topological polar surface area (TPSA) is 12.0 Å². The standard InChI is InChI=1S/C37H57N/c1-6-8-13-22-37(33-14-11-10-12-15-33)23-20-31(21-24-37)30(5)35-18-16-32(26-28(35)3)36-19-17-34(27-29(36)4)38-25-9-7-2/h16-19,26-27,30-31,33,38H,6-15,20-25H2,1-5H3/t30?,31-,37-. The van der Waals surface area contributed by atoms with Crippen molar-refractivity contribution < 1.29 is 0 Å². The van der Waals surface area contributed by atoms with E-state index < -0.39 is 0 Å². The molecule has 2 aliphatic carbocycles. The first-order valence-electron chi connectivity index (χ1n) is 16.4. The molecule has 2 aliphatic rings. The van der Waals surface area contributed by atoms with Crippen LogP contribution in [-0.4, -0.2) is 6.54 Å². The van der Waals surface area contributed by atoms with Crippen molar-refractivity contribution in [1.29, 1.82) is 0 Å². The Labute approximate surface area is 235 Å². The summed E-state index contributed by atoms with van der Waals surface area (Å²) in [5, 5.41) is 3.58. The lowest BCUT2D eigenvalue weighted by molar-refractivity contribution is 0.0330. The van der Waals surface area contributed by atoms with Gasteiger partial charge in [-0.15, -0.1) is 0 Å². The highest BCUT2D eigenvalue weighted by molar-refractivity contribution is 5.71. The van der Waals surface area contributed by atoms with Gasteiger partial charge in [-0.1, -0.05) is 90.0 Å². The van der Waals surface area contributed by atoms with Crippen molar-refractivity contribution in [3.63, 3.8) is 0 Å². The highest BCUT2D eigenvalue weighted by Gasteiger charge is 2.42. The van der Waals surface area contributed by atoms with E-state index in [0.29, 0.717) is 11.3 Å². The third kappa shape index (κ3) is 7.05. The molecular weight excluding hydrogens is 458 g/mol. The van der Waals surface area contributed by atoms with E-state index in [-0.39, 0.29) is 0 Å². The van der Waals surface area contributed by atoms with Gasteiger partial charge in [0.15, 0.2) is 0 Å². The third-order valence-electron chi connectivity index (χ3n) is 10.6. The molecule has 1 heteroatoms. The Morgan fingerprint density at radius 1 is 0.816 bits per heavy atom. The van der Waals surface area contributed by atoms with Gasteiger partial charge in [0, 0.05) is 12.2 Å².